The van der Waals surface area contributed by atoms with Gasteiger partial charge in [0.15, 0.2) is 0 Å². The van der Waals surface area contributed by atoms with Gasteiger partial charge in [0.2, 0.25) is 0 Å². The molecule has 3 rings (SSSR count). The van der Waals surface area contributed by atoms with Gasteiger partial charge in [0, 0.05) is 24.9 Å². The summed E-state index contributed by atoms with van der Waals surface area (Å²) in [5, 5.41) is 9.46. The molecule has 2 atom stereocenters. The molecule has 2 unspecified atom stereocenters. The zero-order valence-corrected chi connectivity index (χ0v) is 9.94. The van der Waals surface area contributed by atoms with Crippen molar-refractivity contribution in [2.75, 3.05) is 13.1 Å². The van der Waals surface area contributed by atoms with E-state index in [0.29, 0.717) is 0 Å². The quantitative estimate of drug-likeness (QED) is 0.787. The number of halogens is 3. The maximum absolute atomic E-state index is 12.5. The van der Waals surface area contributed by atoms with Gasteiger partial charge in [-0.1, -0.05) is 6.07 Å². The van der Waals surface area contributed by atoms with Crippen molar-refractivity contribution >= 4 is 5.91 Å². The summed E-state index contributed by atoms with van der Waals surface area (Å²) in [6, 6.07) is 4.88. The van der Waals surface area contributed by atoms with Crippen LogP contribution < -0.4 is 0 Å². The van der Waals surface area contributed by atoms with Gasteiger partial charge >= 0.3 is 12.1 Å². The molecule has 2 aliphatic rings. The molecule has 2 bridgehead atoms. The van der Waals surface area contributed by atoms with Gasteiger partial charge in [0.25, 0.3) is 0 Å². The molecule has 1 aromatic rings. The highest BCUT2D eigenvalue weighted by Crippen LogP contribution is 2.47. The van der Waals surface area contributed by atoms with Gasteiger partial charge in [-0.3, -0.25) is 4.79 Å². The lowest BCUT2D eigenvalue weighted by Crippen LogP contribution is -2.46. The normalized spacial score (nSPS) is 25.3. The largest absolute Gasteiger partial charge is 0.508 e. The van der Waals surface area contributed by atoms with Crippen LogP contribution in [0.1, 0.15) is 29.4 Å². The van der Waals surface area contributed by atoms with Gasteiger partial charge in [-0.25, -0.2) is 0 Å². The first-order valence-electron chi connectivity index (χ1n) is 6.05. The number of amides is 1. The Hall–Kier alpha value is -1.72. The van der Waals surface area contributed by atoms with Crippen LogP contribution in [0.2, 0.25) is 0 Å². The van der Waals surface area contributed by atoms with Crippen LogP contribution in [0.3, 0.4) is 0 Å². The van der Waals surface area contributed by atoms with Gasteiger partial charge < -0.3 is 10.0 Å². The smallest absolute Gasteiger partial charge is 0.471 e. The minimum atomic E-state index is -4.81. The summed E-state index contributed by atoms with van der Waals surface area (Å²) in [6.45, 7) is 0.178. The number of piperidine rings is 1. The van der Waals surface area contributed by atoms with Crippen molar-refractivity contribution in [2.24, 2.45) is 0 Å². The molecule has 102 valence electrons. The Balaban J connectivity index is 1.89. The van der Waals surface area contributed by atoms with Crippen molar-refractivity contribution in [3.63, 3.8) is 0 Å². The van der Waals surface area contributed by atoms with E-state index >= 15 is 0 Å². The van der Waals surface area contributed by atoms with Crippen molar-refractivity contribution in [3.05, 3.63) is 29.3 Å². The summed E-state index contributed by atoms with van der Waals surface area (Å²) in [4.78, 5) is 12.2. The summed E-state index contributed by atoms with van der Waals surface area (Å²) >= 11 is 0. The Morgan fingerprint density at radius 1 is 1.21 bits per heavy atom. The lowest BCUT2D eigenvalue weighted by Gasteiger charge is -2.32. The van der Waals surface area contributed by atoms with Crippen LogP contribution in [-0.4, -0.2) is 35.2 Å². The molecule has 6 heteroatoms. The molecular weight excluding hydrogens is 259 g/mol. The molecule has 19 heavy (non-hydrogen) atoms. The number of hydrogen-bond acceptors (Lipinski definition) is 2. The fraction of sp³-hybridized carbons (Fsp3) is 0.462. The molecule has 1 N–H and O–H groups in total. The van der Waals surface area contributed by atoms with E-state index in [-0.39, 0.29) is 30.7 Å². The molecule has 1 aliphatic carbocycles. The molecule has 0 spiro atoms. The molecule has 0 radical (unpaired) electrons. The third-order valence-corrected chi connectivity index (χ3v) is 3.93. The van der Waals surface area contributed by atoms with Crippen molar-refractivity contribution in [1.82, 2.24) is 4.90 Å². The van der Waals surface area contributed by atoms with Gasteiger partial charge in [-0.2, -0.15) is 13.2 Å². The molecule has 0 aromatic heterocycles. The van der Waals surface area contributed by atoms with Crippen LogP contribution in [-0.2, 0) is 4.79 Å². The van der Waals surface area contributed by atoms with E-state index < -0.39 is 12.1 Å². The lowest BCUT2D eigenvalue weighted by molar-refractivity contribution is -0.186. The van der Waals surface area contributed by atoms with E-state index in [9.17, 15) is 23.1 Å². The van der Waals surface area contributed by atoms with E-state index in [2.05, 4.69) is 0 Å². The number of carbonyl (C=O) groups excluding carboxylic acids is 1. The summed E-state index contributed by atoms with van der Waals surface area (Å²) in [5.74, 6) is -1.81. The van der Waals surface area contributed by atoms with Gasteiger partial charge in [0.05, 0.1) is 0 Å². The second-order valence-electron chi connectivity index (χ2n) is 5.15. The number of likely N-dealkylation sites (tertiary alicyclic amines) is 1. The highest BCUT2D eigenvalue weighted by atomic mass is 19.4. The standard InChI is InChI=1S/C13H12F3NO2/c14-13(15,16)12(19)17-5-7-3-8(6-17)11-4-9(18)1-2-10(7)11/h1-2,4,7-8,18H,3,5-6H2. The van der Waals surface area contributed by atoms with Crippen molar-refractivity contribution in [3.8, 4) is 5.75 Å². The first kappa shape index (κ1) is 12.3. The van der Waals surface area contributed by atoms with Gasteiger partial charge in [-0.05, 0) is 29.7 Å². The third kappa shape index (κ3) is 1.95. The minimum Gasteiger partial charge on any atom is -0.508 e. The van der Waals surface area contributed by atoms with Gasteiger partial charge in [-0.15, -0.1) is 0 Å². The zero-order chi connectivity index (χ0) is 13.8. The zero-order valence-electron chi connectivity index (χ0n) is 9.94. The summed E-state index contributed by atoms with van der Waals surface area (Å²) < 4.78 is 37.4. The van der Waals surface area contributed by atoms with E-state index in [1.54, 1.807) is 12.1 Å². The predicted molar refractivity (Wildman–Crippen MR) is 60.8 cm³/mol. The molecule has 0 saturated carbocycles. The van der Waals surface area contributed by atoms with Crippen LogP contribution in [0.25, 0.3) is 0 Å². The highest BCUT2D eigenvalue weighted by Gasteiger charge is 2.47. The topological polar surface area (TPSA) is 40.5 Å². The Labute approximate surface area is 107 Å². The van der Waals surface area contributed by atoms with Crippen LogP contribution in [0.5, 0.6) is 5.75 Å². The lowest BCUT2D eigenvalue weighted by atomic mass is 9.96. The number of nitrogens with zero attached hydrogens (tertiary/aromatic N) is 1. The van der Waals surface area contributed by atoms with E-state index in [0.717, 1.165) is 22.4 Å². The number of phenolic OH excluding ortho intramolecular Hbond substituents is 1. The van der Waals surface area contributed by atoms with Crippen LogP contribution >= 0.6 is 0 Å². The Morgan fingerprint density at radius 3 is 2.47 bits per heavy atom. The minimum absolute atomic E-state index is 0.0550. The summed E-state index contributed by atoms with van der Waals surface area (Å²) in [6.07, 6.45) is -4.06. The molecule has 3 nitrogen and oxygen atoms in total. The van der Waals surface area contributed by atoms with E-state index in [1.807, 2.05) is 0 Å². The number of hydrogen-bond donors (Lipinski definition) is 1. The van der Waals surface area contributed by atoms with Crippen molar-refractivity contribution in [1.29, 1.82) is 0 Å². The summed E-state index contributed by atoms with van der Waals surface area (Å²) in [5.41, 5.74) is 1.84. The Morgan fingerprint density at radius 2 is 1.84 bits per heavy atom. The monoisotopic (exact) mass is 271 g/mol. The third-order valence-electron chi connectivity index (χ3n) is 3.93. The maximum Gasteiger partial charge on any atom is 0.471 e. The fourth-order valence-corrected chi connectivity index (χ4v) is 3.18. The number of carbonyl (C=O) groups is 1. The molecule has 1 saturated heterocycles. The fourth-order valence-electron chi connectivity index (χ4n) is 3.18. The average molecular weight is 271 g/mol. The molecule has 1 heterocycles. The highest BCUT2D eigenvalue weighted by molar-refractivity contribution is 5.82. The van der Waals surface area contributed by atoms with Crippen LogP contribution in [0, 0.1) is 0 Å². The molecule has 1 fully saturated rings. The number of phenols is 1. The van der Waals surface area contributed by atoms with E-state index in [4.69, 9.17) is 0 Å². The number of aromatic hydroxyl groups is 1. The second-order valence-corrected chi connectivity index (χ2v) is 5.15. The van der Waals surface area contributed by atoms with Crippen LogP contribution in [0.15, 0.2) is 18.2 Å². The SMILES string of the molecule is O=C(N1CC2CC(C1)c1cc(O)ccc12)C(F)(F)F. The van der Waals surface area contributed by atoms with Crippen LogP contribution in [0.4, 0.5) is 13.2 Å². The Kier molecular flexibility index (Phi) is 2.52. The molecule has 1 aliphatic heterocycles. The average Bonchev–Trinajstić information content (AvgIpc) is 2.59. The Bertz CT molecular complexity index is 541. The first-order chi connectivity index (χ1) is 8.86. The van der Waals surface area contributed by atoms with Crippen molar-refractivity contribution < 1.29 is 23.1 Å². The van der Waals surface area contributed by atoms with Crippen molar-refractivity contribution in [2.45, 2.75) is 24.4 Å². The molecule has 1 aromatic carbocycles. The van der Waals surface area contributed by atoms with E-state index in [1.165, 1.54) is 6.07 Å². The second kappa shape index (κ2) is 3.88. The van der Waals surface area contributed by atoms with Gasteiger partial charge in [0.1, 0.15) is 5.75 Å². The molecular formula is C13H12F3NO2. The molecule has 1 amide bonds. The number of alkyl halides is 3. The number of rotatable bonds is 0. The number of fused-ring (bicyclic) bond motifs is 5. The maximum atomic E-state index is 12.5. The predicted octanol–water partition coefficient (Wildman–Crippen LogP) is 2.37. The summed E-state index contributed by atoms with van der Waals surface area (Å²) in [7, 11) is 0. The number of benzene rings is 1. The first-order valence-corrected chi connectivity index (χ1v) is 6.05.